The number of nitrogens with zero attached hydrogens (tertiary/aromatic N) is 1. The molecule has 1 aromatic rings. The van der Waals surface area contributed by atoms with Gasteiger partial charge in [0, 0.05) is 14.2 Å². The van der Waals surface area contributed by atoms with Gasteiger partial charge in [-0.2, -0.15) is 0 Å². The SMILES string of the molecule is COCC(N)c1ccc2c(c1)N(C)C(=O)C(C(C)C)O2. The molecule has 0 aliphatic carbocycles. The molecule has 0 aromatic heterocycles. The second-order valence-corrected chi connectivity index (χ2v) is 5.47. The van der Waals surface area contributed by atoms with Crippen molar-refractivity contribution >= 4 is 11.6 Å². The molecule has 5 nitrogen and oxygen atoms in total. The van der Waals surface area contributed by atoms with Crippen molar-refractivity contribution in [2.24, 2.45) is 11.7 Å². The lowest BCUT2D eigenvalue weighted by atomic mass is 10.0. The van der Waals surface area contributed by atoms with Crippen LogP contribution in [0.2, 0.25) is 0 Å². The molecule has 0 radical (unpaired) electrons. The Balaban J connectivity index is 2.33. The zero-order valence-electron chi connectivity index (χ0n) is 12.4. The summed E-state index contributed by atoms with van der Waals surface area (Å²) in [4.78, 5) is 13.9. The quantitative estimate of drug-likeness (QED) is 0.910. The van der Waals surface area contributed by atoms with Gasteiger partial charge in [0.15, 0.2) is 6.10 Å². The largest absolute Gasteiger partial charge is 0.478 e. The molecule has 0 fully saturated rings. The molecule has 5 heteroatoms. The molecule has 2 rings (SSSR count). The fourth-order valence-electron chi connectivity index (χ4n) is 2.32. The standard InChI is InChI=1S/C15H22N2O3/c1-9(2)14-15(18)17(3)12-7-10(11(16)8-19-4)5-6-13(12)20-14/h5-7,9,11,14H,8,16H2,1-4H3. The highest BCUT2D eigenvalue weighted by Gasteiger charge is 2.34. The van der Waals surface area contributed by atoms with Crippen LogP contribution in [0.25, 0.3) is 0 Å². The van der Waals surface area contributed by atoms with Gasteiger partial charge in [0.05, 0.1) is 18.3 Å². The summed E-state index contributed by atoms with van der Waals surface area (Å²) in [7, 11) is 3.38. The number of carbonyl (C=O) groups excluding carboxylic acids is 1. The third-order valence-electron chi connectivity index (χ3n) is 3.55. The predicted octanol–water partition coefficient (Wildman–Crippen LogP) is 1.71. The summed E-state index contributed by atoms with van der Waals surface area (Å²) in [5.41, 5.74) is 7.71. The van der Waals surface area contributed by atoms with Crippen LogP contribution in [-0.4, -0.2) is 32.8 Å². The molecule has 0 spiro atoms. The zero-order chi connectivity index (χ0) is 14.9. The molecule has 1 aliphatic rings. The summed E-state index contributed by atoms with van der Waals surface area (Å²) < 4.78 is 10.9. The van der Waals surface area contributed by atoms with Crippen LogP contribution in [0.1, 0.15) is 25.5 Å². The van der Waals surface area contributed by atoms with E-state index in [1.165, 1.54) is 0 Å². The van der Waals surface area contributed by atoms with Crippen molar-refractivity contribution in [3.05, 3.63) is 23.8 Å². The van der Waals surface area contributed by atoms with Gasteiger partial charge in [-0.1, -0.05) is 19.9 Å². The number of ether oxygens (including phenoxy) is 2. The Labute approximate surface area is 119 Å². The maximum atomic E-state index is 12.3. The number of nitrogens with two attached hydrogens (primary N) is 1. The first kappa shape index (κ1) is 14.8. The second kappa shape index (κ2) is 5.81. The van der Waals surface area contributed by atoms with Gasteiger partial charge >= 0.3 is 0 Å². The fraction of sp³-hybridized carbons (Fsp3) is 0.533. The Morgan fingerprint density at radius 3 is 2.75 bits per heavy atom. The first-order valence-electron chi connectivity index (χ1n) is 6.78. The van der Waals surface area contributed by atoms with E-state index in [1.54, 1.807) is 19.1 Å². The minimum atomic E-state index is -0.425. The van der Waals surface area contributed by atoms with Gasteiger partial charge in [-0.25, -0.2) is 0 Å². The van der Waals surface area contributed by atoms with E-state index in [-0.39, 0.29) is 17.9 Å². The molecule has 2 unspecified atom stereocenters. The van der Waals surface area contributed by atoms with Gasteiger partial charge in [0.2, 0.25) is 0 Å². The van der Waals surface area contributed by atoms with Crippen molar-refractivity contribution in [3.63, 3.8) is 0 Å². The van der Waals surface area contributed by atoms with E-state index in [2.05, 4.69) is 0 Å². The highest BCUT2D eigenvalue weighted by molar-refractivity contribution is 5.99. The summed E-state index contributed by atoms with van der Waals surface area (Å²) in [6.07, 6.45) is -0.425. The number of amides is 1. The van der Waals surface area contributed by atoms with Crippen molar-refractivity contribution in [3.8, 4) is 5.75 Å². The fourth-order valence-corrected chi connectivity index (χ4v) is 2.32. The molecule has 1 aliphatic heterocycles. The van der Waals surface area contributed by atoms with Crippen LogP contribution in [0, 0.1) is 5.92 Å². The lowest BCUT2D eigenvalue weighted by Gasteiger charge is -2.34. The van der Waals surface area contributed by atoms with Crippen LogP contribution in [0.4, 0.5) is 5.69 Å². The van der Waals surface area contributed by atoms with E-state index in [9.17, 15) is 4.79 Å². The monoisotopic (exact) mass is 278 g/mol. The summed E-state index contributed by atoms with van der Waals surface area (Å²) >= 11 is 0. The average Bonchev–Trinajstić information content (AvgIpc) is 2.42. The Kier molecular flexibility index (Phi) is 4.30. The summed E-state index contributed by atoms with van der Waals surface area (Å²) in [6, 6.07) is 5.48. The van der Waals surface area contributed by atoms with Crippen LogP contribution in [-0.2, 0) is 9.53 Å². The summed E-state index contributed by atoms with van der Waals surface area (Å²) in [5, 5.41) is 0. The third-order valence-corrected chi connectivity index (χ3v) is 3.55. The molecular formula is C15H22N2O3. The number of carbonyl (C=O) groups is 1. The molecule has 2 atom stereocenters. The van der Waals surface area contributed by atoms with E-state index >= 15 is 0 Å². The highest BCUT2D eigenvalue weighted by atomic mass is 16.5. The highest BCUT2D eigenvalue weighted by Crippen LogP contribution is 2.36. The summed E-state index contributed by atoms with van der Waals surface area (Å²) in [5.74, 6) is 0.831. The average molecular weight is 278 g/mol. The molecule has 0 bridgehead atoms. The molecule has 0 saturated heterocycles. The van der Waals surface area contributed by atoms with Gasteiger partial charge in [0.1, 0.15) is 5.75 Å². The minimum absolute atomic E-state index is 0.0232. The van der Waals surface area contributed by atoms with E-state index < -0.39 is 6.10 Å². The number of hydrogen-bond acceptors (Lipinski definition) is 4. The number of benzene rings is 1. The molecule has 110 valence electrons. The van der Waals surface area contributed by atoms with Crippen LogP contribution >= 0.6 is 0 Å². The lowest BCUT2D eigenvalue weighted by molar-refractivity contribution is -0.127. The Bertz CT molecular complexity index is 502. The van der Waals surface area contributed by atoms with E-state index in [1.807, 2.05) is 32.0 Å². The first-order chi connectivity index (χ1) is 9.45. The van der Waals surface area contributed by atoms with Crippen LogP contribution < -0.4 is 15.4 Å². The lowest BCUT2D eigenvalue weighted by Crippen LogP contribution is -2.46. The molecule has 0 saturated carbocycles. The topological polar surface area (TPSA) is 64.8 Å². The van der Waals surface area contributed by atoms with Gasteiger partial charge < -0.3 is 20.1 Å². The molecule has 1 amide bonds. The first-order valence-corrected chi connectivity index (χ1v) is 6.78. The Hall–Kier alpha value is -1.59. The second-order valence-electron chi connectivity index (χ2n) is 5.47. The van der Waals surface area contributed by atoms with Crippen LogP contribution in [0.3, 0.4) is 0 Å². The molecule has 1 heterocycles. The molecular weight excluding hydrogens is 256 g/mol. The molecule has 1 aromatic carbocycles. The van der Waals surface area contributed by atoms with Gasteiger partial charge in [0.25, 0.3) is 5.91 Å². The number of likely N-dealkylation sites (N-methyl/N-ethyl adjacent to an activating group) is 1. The maximum absolute atomic E-state index is 12.3. The smallest absolute Gasteiger partial charge is 0.268 e. The number of hydrogen-bond donors (Lipinski definition) is 1. The maximum Gasteiger partial charge on any atom is 0.268 e. The summed E-state index contributed by atoms with van der Waals surface area (Å²) in [6.45, 7) is 4.39. The zero-order valence-corrected chi connectivity index (χ0v) is 12.4. The Morgan fingerprint density at radius 1 is 1.45 bits per heavy atom. The third kappa shape index (κ3) is 2.64. The molecule has 2 N–H and O–H groups in total. The van der Waals surface area contributed by atoms with Gasteiger partial charge in [-0.3, -0.25) is 4.79 Å². The Morgan fingerprint density at radius 2 is 2.15 bits per heavy atom. The number of anilines is 1. The van der Waals surface area contributed by atoms with Crippen LogP contribution in [0.15, 0.2) is 18.2 Å². The van der Waals surface area contributed by atoms with Crippen molar-refractivity contribution in [2.45, 2.75) is 26.0 Å². The van der Waals surface area contributed by atoms with Crippen LogP contribution in [0.5, 0.6) is 5.75 Å². The van der Waals surface area contributed by atoms with Crippen molar-refractivity contribution in [2.75, 3.05) is 25.7 Å². The van der Waals surface area contributed by atoms with Crippen molar-refractivity contribution in [1.29, 1.82) is 0 Å². The number of methoxy groups -OCH3 is 1. The van der Waals surface area contributed by atoms with Crippen molar-refractivity contribution < 1.29 is 14.3 Å². The number of rotatable bonds is 4. The van der Waals surface area contributed by atoms with Crippen molar-refractivity contribution in [1.82, 2.24) is 0 Å². The van der Waals surface area contributed by atoms with Gasteiger partial charge in [-0.05, 0) is 23.6 Å². The van der Waals surface area contributed by atoms with E-state index in [0.29, 0.717) is 6.61 Å². The minimum Gasteiger partial charge on any atom is -0.478 e. The van der Waals surface area contributed by atoms with Gasteiger partial charge in [-0.15, -0.1) is 0 Å². The normalized spacial score (nSPS) is 19.8. The van der Waals surface area contributed by atoms with E-state index in [0.717, 1.165) is 17.0 Å². The predicted molar refractivity (Wildman–Crippen MR) is 77.9 cm³/mol. The molecule has 20 heavy (non-hydrogen) atoms. The van der Waals surface area contributed by atoms with E-state index in [4.69, 9.17) is 15.2 Å². The number of fused-ring (bicyclic) bond motifs is 1.